The van der Waals surface area contributed by atoms with Crippen molar-refractivity contribution in [2.24, 2.45) is 23.5 Å². The van der Waals surface area contributed by atoms with E-state index < -0.39 is 11.8 Å². The highest BCUT2D eigenvalue weighted by Crippen LogP contribution is 2.46. The predicted octanol–water partition coefficient (Wildman–Crippen LogP) is 4.09. The highest BCUT2D eigenvalue weighted by molar-refractivity contribution is 5.78. The Bertz CT molecular complexity index is 970. The smallest absolute Gasteiger partial charge is 0.317 e. The first-order valence-electron chi connectivity index (χ1n) is 14.5. The van der Waals surface area contributed by atoms with Crippen molar-refractivity contribution in [3.63, 3.8) is 0 Å². The number of rotatable bonds is 9. The van der Waals surface area contributed by atoms with Gasteiger partial charge in [0.25, 0.3) is 0 Å². The first-order chi connectivity index (χ1) is 19.6. The second-order valence-electron chi connectivity index (χ2n) is 11.9. The van der Waals surface area contributed by atoms with E-state index in [1.165, 1.54) is 12.1 Å². The molecular weight excluding hydrogens is 530 g/mol. The van der Waals surface area contributed by atoms with E-state index in [-0.39, 0.29) is 49.1 Å². The van der Waals surface area contributed by atoms with Crippen LogP contribution in [0.1, 0.15) is 51.4 Å². The summed E-state index contributed by atoms with van der Waals surface area (Å²) in [5.41, 5.74) is 6.19. The number of carbonyl (C=O) groups excluding carboxylic acids is 2. The number of nitrogens with zero attached hydrogens (tertiary/aromatic N) is 2. The minimum Gasteiger partial charge on any atom is -0.369 e. The molecule has 2 saturated carbocycles. The lowest BCUT2D eigenvalue weighted by Crippen LogP contribution is -2.53. The average molecular weight is 577 g/mol. The number of hydrogen-bond donors (Lipinski definition) is 2. The quantitative estimate of drug-likeness (QED) is 0.318. The standard InChI is InChI=1S/C22H33N3O3.C7H11F2NO.C2H2/c1-3-6-17(4-2)7-5-8-24-12-19-9-22(10-20(19)24)15-25(21(26)23-22)11-18-13-27-16-28-14-18;8-7(9)3-1-5(2-4-7)6(10)11;1-2/h3-4,6,18-20H,1-2,5,7-16H2,(H,23,26);5H,1-4H2,(H2,10,11);1-2H/b17-6+;;. The van der Waals surface area contributed by atoms with Crippen molar-refractivity contribution in [2.45, 2.75) is 68.9 Å². The SMILES string of the molecule is C#C.C=C/C=C(\C=C)CCCN1CC2CC3(CC21)CN(CC1COCOC1)C(=O)N3.NC(=O)C1CCC(F)(F)CC1. The molecule has 3 amide bonds. The zero-order valence-corrected chi connectivity index (χ0v) is 24.1. The molecule has 3 unspecified atom stereocenters. The lowest BCUT2D eigenvalue weighted by Gasteiger charge is -2.44. The van der Waals surface area contributed by atoms with Crippen molar-refractivity contribution < 1.29 is 27.8 Å². The predicted molar refractivity (Wildman–Crippen MR) is 155 cm³/mol. The Hall–Kier alpha value is -2.74. The summed E-state index contributed by atoms with van der Waals surface area (Å²) in [6.07, 6.45) is 18.3. The summed E-state index contributed by atoms with van der Waals surface area (Å²) in [6.45, 7) is 13.2. The summed E-state index contributed by atoms with van der Waals surface area (Å²) in [5, 5.41) is 3.34. The van der Waals surface area contributed by atoms with Gasteiger partial charge in [-0.25, -0.2) is 13.6 Å². The fourth-order valence-corrected chi connectivity index (χ4v) is 6.79. The van der Waals surface area contributed by atoms with Gasteiger partial charge in [-0.05, 0) is 56.6 Å². The van der Waals surface area contributed by atoms with E-state index in [1.54, 1.807) is 0 Å². The maximum Gasteiger partial charge on any atom is 0.317 e. The zero-order valence-electron chi connectivity index (χ0n) is 24.1. The maximum absolute atomic E-state index is 12.6. The Morgan fingerprint density at radius 2 is 1.85 bits per heavy atom. The molecular formula is C31H46F2N4O4. The molecule has 3 saturated heterocycles. The molecule has 5 rings (SSSR count). The summed E-state index contributed by atoms with van der Waals surface area (Å²) in [4.78, 5) is 27.7. The van der Waals surface area contributed by atoms with Gasteiger partial charge in [0.05, 0.1) is 18.8 Å². The fraction of sp³-hybridized carbons (Fsp3) is 0.677. The van der Waals surface area contributed by atoms with Crippen LogP contribution < -0.4 is 11.1 Å². The number of carbonyl (C=O) groups is 2. The minimum absolute atomic E-state index is 0.0352. The molecule has 3 N–H and O–H groups in total. The molecule has 5 fully saturated rings. The Morgan fingerprint density at radius 3 is 2.46 bits per heavy atom. The first kappa shape index (κ1) is 32.8. The number of nitrogens with one attached hydrogen (secondary N) is 1. The second kappa shape index (κ2) is 14.9. The molecule has 3 heterocycles. The lowest BCUT2D eigenvalue weighted by atomic mass is 9.86. The van der Waals surface area contributed by atoms with Crippen molar-refractivity contribution in [1.82, 2.24) is 15.1 Å². The van der Waals surface area contributed by atoms with Crippen LogP contribution in [-0.4, -0.2) is 85.4 Å². The van der Waals surface area contributed by atoms with E-state index in [2.05, 4.69) is 36.2 Å². The van der Waals surface area contributed by atoms with Crippen molar-refractivity contribution >= 4 is 11.9 Å². The Labute approximate surface area is 243 Å². The van der Waals surface area contributed by atoms with Gasteiger partial charge in [-0.3, -0.25) is 9.69 Å². The molecule has 3 aliphatic heterocycles. The molecule has 2 aliphatic carbocycles. The number of urea groups is 1. The number of alkyl halides is 2. The number of terminal acetylenes is 1. The molecule has 8 nitrogen and oxygen atoms in total. The average Bonchev–Trinajstić information content (AvgIpc) is 3.41. The van der Waals surface area contributed by atoms with E-state index in [0.29, 0.717) is 26.0 Å². The van der Waals surface area contributed by atoms with Gasteiger partial charge in [0.1, 0.15) is 6.79 Å². The minimum atomic E-state index is -2.56. The molecule has 5 aliphatic rings. The van der Waals surface area contributed by atoms with Gasteiger partial charge in [-0.15, -0.1) is 12.8 Å². The van der Waals surface area contributed by atoms with E-state index >= 15 is 0 Å². The molecule has 0 bridgehead atoms. The van der Waals surface area contributed by atoms with Crippen molar-refractivity contribution in [3.8, 4) is 12.8 Å². The molecule has 0 aromatic heterocycles. The summed E-state index contributed by atoms with van der Waals surface area (Å²) in [5.74, 6) is -2.32. The van der Waals surface area contributed by atoms with Crippen molar-refractivity contribution in [1.29, 1.82) is 0 Å². The number of halogens is 2. The van der Waals surface area contributed by atoms with Gasteiger partial charge < -0.3 is 25.4 Å². The summed E-state index contributed by atoms with van der Waals surface area (Å²) in [7, 11) is 0. The van der Waals surface area contributed by atoms with E-state index in [1.807, 2.05) is 23.1 Å². The van der Waals surface area contributed by atoms with Crippen LogP contribution in [0.3, 0.4) is 0 Å². The van der Waals surface area contributed by atoms with Gasteiger partial charge in [0.15, 0.2) is 0 Å². The number of nitrogens with two attached hydrogens (primary N) is 1. The van der Waals surface area contributed by atoms with Gasteiger partial charge in [0.2, 0.25) is 11.8 Å². The number of allylic oxidation sites excluding steroid dienone is 4. The number of hydrogen-bond acceptors (Lipinski definition) is 5. The highest BCUT2D eigenvalue weighted by Gasteiger charge is 2.57. The number of ether oxygens (including phenoxy) is 2. The van der Waals surface area contributed by atoms with Gasteiger partial charge in [0, 0.05) is 50.4 Å². The Balaban J connectivity index is 0.000000299. The number of likely N-dealkylation sites (tertiary alicyclic amines) is 1. The summed E-state index contributed by atoms with van der Waals surface area (Å²) >= 11 is 0. The van der Waals surface area contributed by atoms with Crippen LogP contribution in [0.2, 0.25) is 0 Å². The molecule has 0 aromatic rings. The zero-order chi connectivity index (χ0) is 30.0. The number of primary amides is 1. The molecule has 0 radical (unpaired) electrons. The van der Waals surface area contributed by atoms with Gasteiger partial charge in [-0.2, -0.15) is 0 Å². The third-order valence-electron chi connectivity index (χ3n) is 8.86. The van der Waals surface area contributed by atoms with Crippen LogP contribution in [0.25, 0.3) is 0 Å². The second-order valence-corrected chi connectivity index (χ2v) is 11.9. The van der Waals surface area contributed by atoms with E-state index in [0.717, 1.165) is 51.2 Å². The normalized spacial score (nSPS) is 29.7. The van der Waals surface area contributed by atoms with Crippen LogP contribution in [0.5, 0.6) is 0 Å². The first-order valence-corrected chi connectivity index (χ1v) is 14.5. The third kappa shape index (κ3) is 8.87. The van der Waals surface area contributed by atoms with Crippen LogP contribution in [0.15, 0.2) is 37.0 Å². The lowest BCUT2D eigenvalue weighted by molar-refractivity contribution is -0.128. The molecule has 0 aromatic carbocycles. The highest BCUT2D eigenvalue weighted by atomic mass is 19.3. The van der Waals surface area contributed by atoms with Crippen molar-refractivity contribution in [3.05, 3.63) is 37.0 Å². The summed E-state index contributed by atoms with van der Waals surface area (Å²) in [6, 6.07) is 0.709. The Morgan fingerprint density at radius 1 is 1.17 bits per heavy atom. The molecule has 10 heteroatoms. The molecule has 228 valence electrons. The third-order valence-corrected chi connectivity index (χ3v) is 8.86. The summed E-state index contributed by atoms with van der Waals surface area (Å²) < 4.78 is 35.7. The largest absolute Gasteiger partial charge is 0.369 e. The van der Waals surface area contributed by atoms with Crippen LogP contribution in [-0.2, 0) is 14.3 Å². The number of fused-ring (bicyclic) bond motifs is 1. The van der Waals surface area contributed by atoms with Gasteiger partial charge >= 0.3 is 6.03 Å². The van der Waals surface area contributed by atoms with Crippen LogP contribution >= 0.6 is 0 Å². The van der Waals surface area contributed by atoms with Crippen LogP contribution in [0.4, 0.5) is 13.6 Å². The topological polar surface area (TPSA) is 97.1 Å². The molecule has 1 spiro atoms. The maximum atomic E-state index is 12.6. The van der Waals surface area contributed by atoms with Crippen LogP contribution in [0, 0.1) is 30.6 Å². The fourth-order valence-electron chi connectivity index (χ4n) is 6.79. The molecule has 41 heavy (non-hydrogen) atoms. The van der Waals surface area contributed by atoms with E-state index in [4.69, 9.17) is 15.2 Å². The van der Waals surface area contributed by atoms with Gasteiger partial charge in [-0.1, -0.05) is 31.4 Å². The molecule has 3 atom stereocenters. The Kier molecular flexibility index (Phi) is 11.9. The van der Waals surface area contributed by atoms with E-state index in [9.17, 15) is 18.4 Å². The number of amides is 3. The van der Waals surface area contributed by atoms with Crippen molar-refractivity contribution in [2.75, 3.05) is 46.2 Å². The monoisotopic (exact) mass is 576 g/mol.